The second kappa shape index (κ2) is 6.60. The van der Waals surface area contributed by atoms with Crippen molar-refractivity contribution in [3.63, 3.8) is 0 Å². The number of rotatable bonds is 4. The number of Topliss-reactive ketones (excluding diaryl/α,β-unsaturated/α-hetero) is 1. The highest BCUT2D eigenvalue weighted by Crippen LogP contribution is 2.18. The first-order chi connectivity index (χ1) is 12.0. The Kier molecular flexibility index (Phi) is 4.35. The number of hydrogen-bond acceptors (Lipinski definition) is 4. The summed E-state index contributed by atoms with van der Waals surface area (Å²) in [4.78, 5) is 39.8. The molecule has 126 valence electrons. The predicted molar refractivity (Wildman–Crippen MR) is 95.5 cm³/mol. The van der Waals surface area contributed by atoms with Crippen molar-refractivity contribution < 1.29 is 14.3 Å². The summed E-state index contributed by atoms with van der Waals surface area (Å²) >= 11 is 0. The average molecular weight is 336 g/mol. The van der Waals surface area contributed by atoms with Crippen molar-refractivity contribution in [2.75, 3.05) is 12.4 Å². The maximum absolute atomic E-state index is 12.6. The Morgan fingerprint density at radius 2 is 1.84 bits per heavy atom. The van der Waals surface area contributed by atoms with Gasteiger partial charge in [-0.15, -0.1) is 0 Å². The molecule has 1 heterocycles. The molecule has 25 heavy (non-hydrogen) atoms. The topological polar surface area (TPSA) is 88.3 Å². The molecule has 0 radical (unpaired) electrons. The third kappa shape index (κ3) is 3.14. The Bertz CT molecular complexity index is 1040. The van der Waals surface area contributed by atoms with Crippen LogP contribution in [0.15, 0.2) is 53.5 Å². The van der Waals surface area contributed by atoms with Crippen LogP contribution in [0.5, 0.6) is 5.75 Å². The van der Waals surface area contributed by atoms with Crippen molar-refractivity contribution in [3.8, 4) is 5.75 Å². The van der Waals surface area contributed by atoms with Gasteiger partial charge >= 0.3 is 0 Å². The number of methoxy groups -OCH3 is 1. The number of pyridine rings is 1. The zero-order valence-electron chi connectivity index (χ0n) is 13.8. The van der Waals surface area contributed by atoms with E-state index in [1.165, 1.54) is 20.2 Å². The van der Waals surface area contributed by atoms with Crippen molar-refractivity contribution in [2.24, 2.45) is 0 Å². The minimum Gasteiger partial charge on any atom is -0.497 e. The molecule has 0 aliphatic rings. The van der Waals surface area contributed by atoms with E-state index in [4.69, 9.17) is 4.74 Å². The Morgan fingerprint density at radius 1 is 1.08 bits per heavy atom. The van der Waals surface area contributed by atoms with Crippen LogP contribution in [0.3, 0.4) is 0 Å². The largest absolute Gasteiger partial charge is 0.497 e. The Labute approximate surface area is 143 Å². The van der Waals surface area contributed by atoms with Gasteiger partial charge in [0.2, 0.25) is 5.43 Å². The molecule has 0 saturated carbocycles. The van der Waals surface area contributed by atoms with E-state index >= 15 is 0 Å². The SMILES string of the molecule is COc1ccc2[nH]cc(C(=O)Nc3ccccc3C(C)=O)c(=O)c2c1. The number of hydrogen-bond donors (Lipinski definition) is 2. The zero-order valence-corrected chi connectivity index (χ0v) is 13.8. The molecular weight excluding hydrogens is 320 g/mol. The first-order valence-corrected chi connectivity index (χ1v) is 7.62. The highest BCUT2D eigenvalue weighted by atomic mass is 16.5. The fraction of sp³-hybridized carbons (Fsp3) is 0.105. The number of aromatic amines is 1. The van der Waals surface area contributed by atoms with Crippen LogP contribution in [-0.4, -0.2) is 23.8 Å². The van der Waals surface area contributed by atoms with E-state index in [0.29, 0.717) is 27.9 Å². The van der Waals surface area contributed by atoms with Crippen LogP contribution < -0.4 is 15.5 Å². The second-order valence-corrected chi connectivity index (χ2v) is 5.50. The van der Waals surface area contributed by atoms with Gasteiger partial charge in [-0.1, -0.05) is 12.1 Å². The molecule has 3 aromatic rings. The highest BCUT2D eigenvalue weighted by molar-refractivity contribution is 6.09. The molecule has 6 nitrogen and oxygen atoms in total. The quantitative estimate of drug-likeness (QED) is 0.717. The first kappa shape index (κ1) is 16.4. The molecule has 1 aromatic heterocycles. The number of anilines is 1. The number of aromatic nitrogens is 1. The first-order valence-electron chi connectivity index (χ1n) is 7.62. The lowest BCUT2D eigenvalue weighted by atomic mass is 10.1. The number of benzene rings is 2. The van der Waals surface area contributed by atoms with Gasteiger partial charge in [0.05, 0.1) is 12.8 Å². The molecule has 0 atom stereocenters. The van der Waals surface area contributed by atoms with Gasteiger partial charge < -0.3 is 15.0 Å². The minimum atomic E-state index is -0.584. The number of amides is 1. The van der Waals surface area contributed by atoms with Crippen LogP contribution in [0.1, 0.15) is 27.6 Å². The van der Waals surface area contributed by atoms with E-state index in [2.05, 4.69) is 10.3 Å². The van der Waals surface area contributed by atoms with Gasteiger partial charge in [-0.05, 0) is 37.3 Å². The van der Waals surface area contributed by atoms with Crippen LogP contribution in [-0.2, 0) is 0 Å². The van der Waals surface area contributed by atoms with Gasteiger partial charge in [-0.25, -0.2) is 0 Å². The molecule has 2 aromatic carbocycles. The summed E-state index contributed by atoms with van der Waals surface area (Å²) in [6, 6.07) is 11.7. The number of carbonyl (C=O) groups excluding carboxylic acids is 2. The molecule has 3 rings (SSSR count). The van der Waals surface area contributed by atoms with E-state index in [1.807, 2.05) is 0 Å². The van der Waals surface area contributed by atoms with Crippen molar-refractivity contribution in [2.45, 2.75) is 6.92 Å². The van der Waals surface area contributed by atoms with E-state index in [9.17, 15) is 14.4 Å². The number of para-hydroxylation sites is 1. The van der Waals surface area contributed by atoms with Crippen LogP contribution >= 0.6 is 0 Å². The van der Waals surface area contributed by atoms with Gasteiger partial charge in [0.15, 0.2) is 5.78 Å². The number of H-pyrrole nitrogens is 1. The molecule has 0 saturated heterocycles. The van der Waals surface area contributed by atoms with E-state index in [0.717, 1.165) is 0 Å². The Balaban J connectivity index is 2.02. The van der Waals surface area contributed by atoms with Crippen LogP contribution in [0.4, 0.5) is 5.69 Å². The van der Waals surface area contributed by atoms with Gasteiger partial charge in [0.25, 0.3) is 5.91 Å². The fourth-order valence-electron chi connectivity index (χ4n) is 2.58. The third-order valence-corrected chi connectivity index (χ3v) is 3.89. The summed E-state index contributed by atoms with van der Waals surface area (Å²) in [5.74, 6) is -0.231. The zero-order chi connectivity index (χ0) is 18.0. The lowest BCUT2D eigenvalue weighted by molar-refractivity contribution is 0.101. The standard InChI is InChI=1S/C19H16N2O4/c1-11(22)13-5-3-4-6-17(13)21-19(24)15-10-20-16-8-7-12(25-2)9-14(16)18(15)23/h3-10H,1-2H3,(H,20,23)(H,21,24). The smallest absolute Gasteiger partial charge is 0.261 e. The molecule has 6 heteroatoms. The van der Waals surface area contributed by atoms with Crippen molar-refractivity contribution in [1.29, 1.82) is 0 Å². The molecule has 0 spiro atoms. The molecule has 0 fully saturated rings. The Hall–Kier alpha value is -3.41. The van der Waals surface area contributed by atoms with Crippen molar-refractivity contribution >= 4 is 28.3 Å². The predicted octanol–water partition coefficient (Wildman–Crippen LogP) is 2.99. The highest BCUT2D eigenvalue weighted by Gasteiger charge is 2.16. The lowest BCUT2D eigenvalue weighted by Crippen LogP contribution is -2.22. The Morgan fingerprint density at radius 3 is 2.56 bits per heavy atom. The molecule has 0 unspecified atom stereocenters. The molecule has 2 N–H and O–H groups in total. The average Bonchev–Trinajstić information content (AvgIpc) is 2.62. The molecule has 0 aliphatic carbocycles. The minimum absolute atomic E-state index is 0.0425. The molecular formula is C19H16N2O4. The van der Waals surface area contributed by atoms with Gasteiger partial charge in [0, 0.05) is 22.7 Å². The fourth-order valence-corrected chi connectivity index (χ4v) is 2.58. The lowest BCUT2D eigenvalue weighted by Gasteiger charge is -2.09. The maximum Gasteiger partial charge on any atom is 0.261 e. The van der Waals surface area contributed by atoms with E-state index in [-0.39, 0.29) is 11.3 Å². The van der Waals surface area contributed by atoms with Crippen LogP contribution in [0.25, 0.3) is 10.9 Å². The number of fused-ring (bicyclic) bond motifs is 1. The summed E-state index contributed by atoms with van der Waals surface area (Å²) in [7, 11) is 1.50. The number of ether oxygens (including phenoxy) is 1. The van der Waals surface area contributed by atoms with Crippen LogP contribution in [0.2, 0.25) is 0 Å². The number of carbonyl (C=O) groups is 2. The summed E-state index contributed by atoms with van der Waals surface area (Å²) in [6.45, 7) is 1.42. The van der Waals surface area contributed by atoms with Gasteiger partial charge in [-0.2, -0.15) is 0 Å². The van der Waals surface area contributed by atoms with Gasteiger partial charge in [0.1, 0.15) is 11.3 Å². The normalized spacial score (nSPS) is 10.5. The summed E-state index contributed by atoms with van der Waals surface area (Å²) < 4.78 is 5.12. The molecule has 0 aliphatic heterocycles. The van der Waals surface area contributed by atoms with Gasteiger partial charge in [-0.3, -0.25) is 14.4 Å². The third-order valence-electron chi connectivity index (χ3n) is 3.89. The van der Waals surface area contributed by atoms with Crippen LogP contribution in [0, 0.1) is 0 Å². The second-order valence-electron chi connectivity index (χ2n) is 5.50. The number of nitrogens with one attached hydrogen (secondary N) is 2. The maximum atomic E-state index is 12.6. The van der Waals surface area contributed by atoms with E-state index < -0.39 is 11.3 Å². The summed E-state index contributed by atoms with van der Waals surface area (Å²) in [5, 5.41) is 2.98. The summed E-state index contributed by atoms with van der Waals surface area (Å²) in [5.41, 5.74) is 0.899. The summed E-state index contributed by atoms with van der Waals surface area (Å²) in [6.07, 6.45) is 1.36. The van der Waals surface area contributed by atoms with E-state index in [1.54, 1.807) is 42.5 Å². The molecule has 0 bridgehead atoms. The monoisotopic (exact) mass is 336 g/mol. The molecule has 1 amide bonds. The van der Waals surface area contributed by atoms with Crippen molar-refractivity contribution in [1.82, 2.24) is 4.98 Å². The van der Waals surface area contributed by atoms with Crippen molar-refractivity contribution in [3.05, 3.63) is 70.0 Å². The number of ketones is 1.